The van der Waals surface area contributed by atoms with Gasteiger partial charge in [0.2, 0.25) is 0 Å². The lowest BCUT2D eigenvalue weighted by Crippen LogP contribution is -2.13. The standard InChI is InChI=1S/C22H20ClN5O2/c1-13-4-6-16(7-5-13)27-22(29)30-11-17-10-28(12-24-17)21-9-20-19(8-18(21)23)25-14(2)15(3)26-20/h4-10,12H,11H2,1-3H3,(H,27,29). The van der Waals surface area contributed by atoms with Gasteiger partial charge < -0.3 is 9.30 Å². The number of aryl methyl sites for hydroxylation is 3. The van der Waals surface area contributed by atoms with Crippen LogP contribution in [0.3, 0.4) is 0 Å². The first-order valence-corrected chi connectivity index (χ1v) is 9.75. The highest BCUT2D eigenvalue weighted by Crippen LogP contribution is 2.26. The van der Waals surface area contributed by atoms with Gasteiger partial charge in [-0.2, -0.15) is 0 Å². The van der Waals surface area contributed by atoms with Crippen LogP contribution in [0.4, 0.5) is 10.5 Å². The summed E-state index contributed by atoms with van der Waals surface area (Å²) >= 11 is 6.46. The highest BCUT2D eigenvalue weighted by molar-refractivity contribution is 6.33. The number of anilines is 1. The van der Waals surface area contributed by atoms with Crippen molar-refractivity contribution in [3.63, 3.8) is 0 Å². The van der Waals surface area contributed by atoms with E-state index in [-0.39, 0.29) is 6.61 Å². The van der Waals surface area contributed by atoms with Crippen LogP contribution in [0.5, 0.6) is 0 Å². The van der Waals surface area contributed by atoms with E-state index in [2.05, 4.69) is 20.3 Å². The number of hydrogen-bond acceptors (Lipinski definition) is 5. The van der Waals surface area contributed by atoms with Crippen molar-refractivity contribution >= 4 is 34.4 Å². The average molecular weight is 422 g/mol. The maximum atomic E-state index is 12.0. The zero-order valence-electron chi connectivity index (χ0n) is 16.8. The Morgan fingerprint density at radius 2 is 1.73 bits per heavy atom. The third-order valence-corrected chi connectivity index (χ3v) is 5.01. The van der Waals surface area contributed by atoms with Crippen LogP contribution in [0, 0.1) is 20.8 Å². The van der Waals surface area contributed by atoms with E-state index in [1.807, 2.05) is 51.1 Å². The number of carbonyl (C=O) groups excluding carboxylic acids is 1. The minimum absolute atomic E-state index is 0.0357. The molecule has 0 atom stereocenters. The minimum Gasteiger partial charge on any atom is -0.443 e. The highest BCUT2D eigenvalue weighted by Gasteiger charge is 2.11. The minimum atomic E-state index is -0.543. The number of halogens is 1. The van der Waals surface area contributed by atoms with Crippen molar-refractivity contribution in [2.75, 3.05) is 5.32 Å². The Hall–Kier alpha value is -3.45. The first kappa shape index (κ1) is 19.8. The van der Waals surface area contributed by atoms with Gasteiger partial charge in [-0.3, -0.25) is 5.32 Å². The molecule has 0 bridgehead atoms. The van der Waals surface area contributed by atoms with Gasteiger partial charge in [-0.25, -0.2) is 19.7 Å². The van der Waals surface area contributed by atoms with E-state index in [1.165, 1.54) is 0 Å². The fraction of sp³-hybridized carbons (Fsp3) is 0.182. The SMILES string of the molecule is Cc1ccc(NC(=O)OCc2cn(-c3cc4nc(C)c(C)nc4cc3Cl)cn2)cc1. The lowest BCUT2D eigenvalue weighted by atomic mass is 10.2. The Labute approximate surface area is 178 Å². The molecule has 0 fully saturated rings. The van der Waals surface area contributed by atoms with Gasteiger partial charge in [0.1, 0.15) is 6.61 Å². The van der Waals surface area contributed by atoms with Crippen LogP contribution in [-0.2, 0) is 11.3 Å². The predicted molar refractivity (Wildman–Crippen MR) is 116 cm³/mol. The van der Waals surface area contributed by atoms with Gasteiger partial charge in [-0.1, -0.05) is 29.3 Å². The summed E-state index contributed by atoms with van der Waals surface area (Å²) in [5.41, 5.74) is 6.34. The summed E-state index contributed by atoms with van der Waals surface area (Å²) < 4.78 is 7.03. The Morgan fingerprint density at radius 3 is 2.43 bits per heavy atom. The maximum absolute atomic E-state index is 12.0. The predicted octanol–water partition coefficient (Wildman–Crippen LogP) is 5.14. The number of fused-ring (bicyclic) bond motifs is 1. The Kier molecular flexibility index (Phi) is 5.37. The van der Waals surface area contributed by atoms with Crippen LogP contribution in [0.1, 0.15) is 22.6 Å². The molecule has 0 unspecified atom stereocenters. The zero-order chi connectivity index (χ0) is 21.3. The maximum Gasteiger partial charge on any atom is 0.412 e. The summed E-state index contributed by atoms with van der Waals surface area (Å²) in [5.74, 6) is 0. The smallest absolute Gasteiger partial charge is 0.412 e. The van der Waals surface area contributed by atoms with Crippen molar-refractivity contribution in [2.45, 2.75) is 27.4 Å². The number of rotatable bonds is 4. The van der Waals surface area contributed by atoms with Gasteiger partial charge in [0, 0.05) is 11.9 Å². The van der Waals surface area contributed by atoms with Crippen molar-refractivity contribution in [3.05, 3.63) is 76.6 Å². The number of benzene rings is 2. The van der Waals surface area contributed by atoms with Crippen molar-refractivity contribution in [3.8, 4) is 5.69 Å². The molecule has 4 rings (SSSR count). The molecule has 2 aromatic carbocycles. The van der Waals surface area contributed by atoms with E-state index in [0.29, 0.717) is 16.4 Å². The second-order valence-electron chi connectivity index (χ2n) is 7.03. The van der Waals surface area contributed by atoms with Gasteiger partial charge in [0.25, 0.3) is 0 Å². The Balaban J connectivity index is 1.47. The molecular formula is C22H20ClN5O2. The van der Waals surface area contributed by atoms with Gasteiger partial charge in [0.15, 0.2) is 0 Å². The molecule has 0 saturated carbocycles. The first-order chi connectivity index (χ1) is 14.4. The molecule has 2 heterocycles. The molecule has 0 aliphatic heterocycles. The van der Waals surface area contributed by atoms with Crippen molar-refractivity contribution in [1.29, 1.82) is 0 Å². The molecule has 0 radical (unpaired) electrons. The summed E-state index contributed by atoms with van der Waals surface area (Å²) in [6.07, 6.45) is 2.84. The van der Waals surface area contributed by atoms with Crippen LogP contribution in [0.25, 0.3) is 16.7 Å². The Bertz CT molecular complexity index is 1230. The van der Waals surface area contributed by atoms with Gasteiger partial charge >= 0.3 is 6.09 Å². The molecule has 0 saturated heterocycles. The van der Waals surface area contributed by atoms with E-state index in [1.54, 1.807) is 23.2 Å². The average Bonchev–Trinajstić information content (AvgIpc) is 3.18. The quantitative estimate of drug-likeness (QED) is 0.493. The normalized spacial score (nSPS) is 10.9. The van der Waals surface area contributed by atoms with Crippen LogP contribution in [0.2, 0.25) is 5.02 Å². The number of hydrogen-bond donors (Lipinski definition) is 1. The van der Waals surface area contributed by atoms with Crippen LogP contribution in [-0.4, -0.2) is 25.6 Å². The summed E-state index contributed by atoms with van der Waals surface area (Å²) in [5, 5.41) is 3.21. The van der Waals surface area contributed by atoms with E-state index in [9.17, 15) is 4.79 Å². The third-order valence-electron chi connectivity index (χ3n) is 4.71. The molecule has 0 aliphatic rings. The number of aromatic nitrogens is 4. The lowest BCUT2D eigenvalue weighted by molar-refractivity contribution is 0.154. The van der Waals surface area contributed by atoms with Crippen molar-refractivity contribution in [1.82, 2.24) is 19.5 Å². The van der Waals surface area contributed by atoms with Crippen molar-refractivity contribution < 1.29 is 9.53 Å². The van der Waals surface area contributed by atoms with E-state index in [0.717, 1.165) is 33.7 Å². The molecular weight excluding hydrogens is 402 g/mol. The summed E-state index contributed by atoms with van der Waals surface area (Å²) in [4.78, 5) is 25.4. The van der Waals surface area contributed by atoms with Crippen LogP contribution in [0.15, 0.2) is 48.9 Å². The Morgan fingerprint density at radius 1 is 1.07 bits per heavy atom. The second-order valence-corrected chi connectivity index (χ2v) is 7.43. The number of amides is 1. The largest absolute Gasteiger partial charge is 0.443 e. The number of imidazole rings is 1. The molecule has 0 spiro atoms. The first-order valence-electron chi connectivity index (χ1n) is 9.37. The fourth-order valence-corrected chi connectivity index (χ4v) is 3.20. The van der Waals surface area contributed by atoms with Crippen LogP contribution >= 0.6 is 11.6 Å². The third kappa shape index (κ3) is 4.26. The highest BCUT2D eigenvalue weighted by atomic mass is 35.5. The summed E-state index contributed by atoms with van der Waals surface area (Å²) in [6.45, 7) is 5.86. The molecule has 152 valence electrons. The number of nitrogens with zero attached hydrogens (tertiary/aromatic N) is 4. The topological polar surface area (TPSA) is 81.9 Å². The second kappa shape index (κ2) is 8.12. The van der Waals surface area contributed by atoms with Gasteiger partial charge in [-0.05, 0) is 45.0 Å². The zero-order valence-corrected chi connectivity index (χ0v) is 17.6. The molecule has 7 nitrogen and oxygen atoms in total. The molecule has 1 amide bonds. The molecule has 30 heavy (non-hydrogen) atoms. The lowest BCUT2D eigenvalue weighted by Gasteiger charge is -2.08. The van der Waals surface area contributed by atoms with Crippen molar-refractivity contribution in [2.24, 2.45) is 0 Å². The fourth-order valence-electron chi connectivity index (χ4n) is 2.94. The van der Waals surface area contributed by atoms with E-state index >= 15 is 0 Å². The summed E-state index contributed by atoms with van der Waals surface area (Å²) in [7, 11) is 0. The number of nitrogens with one attached hydrogen (secondary N) is 1. The molecule has 8 heteroatoms. The van der Waals surface area contributed by atoms with Gasteiger partial charge in [-0.15, -0.1) is 0 Å². The number of ether oxygens (including phenoxy) is 1. The number of carbonyl (C=O) groups is 1. The van der Waals surface area contributed by atoms with E-state index in [4.69, 9.17) is 16.3 Å². The van der Waals surface area contributed by atoms with Gasteiger partial charge in [0.05, 0.1) is 45.2 Å². The monoisotopic (exact) mass is 421 g/mol. The van der Waals surface area contributed by atoms with E-state index < -0.39 is 6.09 Å². The molecule has 2 aromatic heterocycles. The molecule has 0 aliphatic carbocycles. The molecule has 1 N–H and O–H groups in total. The summed E-state index contributed by atoms with van der Waals surface area (Å²) in [6, 6.07) is 11.1. The molecule has 4 aromatic rings. The van der Waals surface area contributed by atoms with Crippen LogP contribution < -0.4 is 5.32 Å².